The van der Waals surface area contributed by atoms with E-state index >= 15 is 0 Å². The van der Waals surface area contributed by atoms with Crippen molar-refractivity contribution in [2.45, 2.75) is 12.8 Å². The summed E-state index contributed by atoms with van der Waals surface area (Å²) in [4.78, 5) is 0. The molecule has 1 aromatic rings. The van der Waals surface area contributed by atoms with E-state index in [0.717, 1.165) is 5.56 Å². The maximum Gasteiger partial charge on any atom is 0.139 e. The lowest BCUT2D eigenvalue weighted by Crippen LogP contribution is -2.05. The van der Waals surface area contributed by atoms with Crippen LogP contribution in [0.15, 0.2) is 24.3 Å². The molecule has 1 unspecified atom stereocenters. The molecule has 14 heavy (non-hydrogen) atoms. The summed E-state index contributed by atoms with van der Waals surface area (Å²) in [7, 11) is 0. The van der Waals surface area contributed by atoms with Crippen LogP contribution in [0.2, 0.25) is 0 Å². The summed E-state index contributed by atoms with van der Waals surface area (Å²) >= 11 is 0. The van der Waals surface area contributed by atoms with Gasteiger partial charge in [0.2, 0.25) is 0 Å². The van der Waals surface area contributed by atoms with Crippen LogP contribution in [0, 0.1) is 28.6 Å². The van der Waals surface area contributed by atoms with Gasteiger partial charge in [-0.2, -0.15) is 10.5 Å². The van der Waals surface area contributed by atoms with E-state index < -0.39 is 5.92 Å². The molecule has 1 aromatic carbocycles. The molecule has 2 N–H and O–H groups in total. The van der Waals surface area contributed by atoms with Gasteiger partial charge in [0.25, 0.3) is 0 Å². The fourth-order valence-electron chi connectivity index (χ4n) is 1.24. The molecular weight excluding hydrogens is 174 g/mol. The minimum atomic E-state index is -0.598. The highest BCUT2D eigenvalue weighted by Crippen LogP contribution is 2.23. The molecule has 0 aromatic heterocycles. The Morgan fingerprint density at radius 1 is 1.14 bits per heavy atom. The topological polar surface area (TPSA) is 73.6 Å². The van der Waals surface area contributed by atoms with E-state index in [-0.39, 0.29) is 5.92 Å². The fraction of sp³-hybridized carbons (Fsp3) is 0.273. The first kappa shape index (κ1) is 10.1. The third-order valence-corrected chi connectivity index (χ3v) is 2.24. The summed E-state index contributed by atoms with van der Waals surface area (Å²) in [5.41, 5.74) is 7.19. The van der Waals surface area contributed by atoms with Crippen LogP contribution in [0.4, 0.5) is 5.69 Å². The minimum Gasteiger partial charge on any atom is -0.399 e. The third kappa shape index (κ3) is 2.02. The Balaban J connectivity index is 2.91. The Bertz CT molecular complexity index is 366. The molecule has 70 valence electrons. The van der Waals surface area contributed by atoms with Crippen LogP contribution in [0.5, 0.6) is 0 Å². The molecule has 0 bridgehead atoms. The van der Waals surface area contributed by atoms with Crippen LogP contribution in [-0.4, -0.2) is 0 Å². The van der Waals surface area contributed by atoms with Crippen molar-refractivity contribution in [3.8, 4) is 12.1 Å². The smallest absolute Gasteiger partial charge is 0.139 e. The Kier molecular flexibility index (Phi) is 3.09. The molecule has 0 spiro atoms. The van der Waals surface area contributed by atoms with Crippen molar-refractivity contribution < 1.29 is 0 Å². The largest absolute Gasteiger partial charge is 0.399 e. The average Bonchev–Trinajstić information content (AvgIpc) is 2.20. The van der Waals surface area contributed by atoms with E-state index in [1.165, 1.54) is 0 Å². The van der Waals surface area contributed by atoms with Gasteiger partial charge in [0, 0.05) is 11.6 Å². The molecule has 0 aliphatic rings. The van der Waals surface area contributed by atoms with Crippen LogP contribution < -0.4 is 5.73 Å². The summed E-state index contributed by atoms with van der Waals surface area (Å²) in [6.45, 7) is 1.86. The van der Waals surface area contributed by atoms with Gasteiger partial charge in [0.15, 0.2) is 0 Å². The highest BCUT2D eigenvalue weighted by atomic mass is 14.5. The van der Waals surface area contributed by atoms with Crippen molar-refractivity contribution in [1.29, 1.82) is 10.5 Å². The zero-order chi connectivity index (χ0) is 10.6. The molecule has 1 atom stereocenters. The lowest BCUT2D eigenvalue weighted by atomic mass is 9.89. The Labute approximate surface area is 83.4 Å². The monoisotopic (exact) mass is 185 g/mol. The van der Waals surface area contributed by atoms with Gasteiger partial charge in [0.1, 0.15) is 5.92 Å². The minimum absolute atomic E-state index is 0.0781. The second-order valence-electron chi connectivity index (χ2n) is 3.19. The first-order chi connectivity index (χ1) is 6.69. The first-order valence-corrected chi connectivity index (χ1v) is 4.33. The molecule has 0 heterocycles. The fourth-order valence-corrected chi connectivity index (χ4v) is 1.24. The van der Waals surface area contributed by atoms with Gasteiger partial charge in [0.05, 0.1) is 12.1 Å². The summed E-state index contributed by atoms with van der Waals surface area (Å²) in [5, 5.41) is 17.4. The Hall–Kier alpha value is -2.00. The van der Waals surface area contributed by atoms with E-state index in [1.54, 1.807) is 12.1 Å². The summed E-state index contributed by atoms with van der Waals surface area (Å²) in [6.07, 6.45) is 0. The average molecular weight is 185 g/mol. The summed E-state index contributed by atoms with van der Waals surface area (Å²) in [5.74, 6) is -0.677. The van der Waals surface area contributed by atoms with Gasteiger partial charge in [-0.1, -0.05) is 19.1 Å². The highest BCUT2D eigenvalue weighted by molar-refractivity contribution is 5.40. The van der Waals surface area contributed by atoms with E-state index in [4.69, 9.17) is 16.3 Å². The maximum atomic E-state index is 8.72. The van der Waals surface area contributed by atoms with E-state index in [1.807, 2.05) is 31.2 Å². The van der Waals surface area contributed by atoms with E-state index in [2.05, 4.69) is 0 Å². The molecule has 0 amide bonds. The standard InChI is InChI=1S/C11H11N3/c1-8(10(6-12)7-13)9-2-4-11(14)5-3-9/h2-5,8,10H,14H2,1H3. The number of nitrogen functional groups attached to an aromatic ring is 1. The normalized spacial score (nSPS) is 11.7. The molecule has 0 radical (unpaired) electrons. The molecule has 0 saturated carbocycles. The van der Waals surface area contributed by atoms with Crippen molar-refractivity contribution in [2.24, 2.45) is 5.92 Å². The number of rotatable bonds is 2. The van der Waals surface area contributed by atoms with Crippen molar-refractivity contribution in [2.75, 3.05) is 5.73 Å². The Morgan fingerprint density at radius 2 is 1.64 bits per heavy atom. The molecule has 0 aliphatic heterocycles. The van der Waals surface area contributed by atoms with Crippen LogP contribution in [-0.2, 0) is 0 Å². The Morgan fingerprint density at radius 3 is 2.07 bits per heavy atom. The maximum absolute atomic E-state index is 8.72. The zero-order valence-electron chi connectivity index (χ0n) is 7.94. The van der Waals surface area contributed by atoms with Gasteiger partial charge in [-0.05, 0) is 17.7 Å². The number of benzene rings is 1. The molecular formula is C11H11N3. The van der Waals surface area contributed by atoms with Crippen molar-refractivity contribution >= 4 is 5.69 Å². The number of nitrogens with two attached hydrogens (primary N) is 1. The number of nitriles is 2. The van der Waals surface area contributed by atoms with E-state index in [9.17, 15) is 0 Å². The lowest BCUT2D eigenvalue weighted by Gasteiger charge is -2.11. The second kappa shape index (κ2) is 4.30. The summed E-state index contributed by atoms with van der Waals surface area (Å²) in [6, 6.07) is 11.2. The van der Waals surface area contributed by atoms with Gasteiger partial charge in [-0.15, -0.1) is 0 Å². The van der Waals surface area contributed by atoms with Gasteiger partial charge in [-0.3, -0.25) is 0 Å². The van der Waals surface area contributed by atoms with Crippen molar-refractivity contribution in [3.05, 3.63) is 29.8 Å². The van der Waals surface area contributed by atoms with Crippen molar-refractivity contribution in [3.63, 3.8) is 0 Å². The predicted octanol–water partition coefficient (Wildman–Crippen LogP) is 2.04. The molecule has 1 rings (SSSR count). The number of hydrogen-bond acceptors (Lipinski definition) is 3. The van der Waals surface area contributed by atoms with Crippen LogP contribution in [0.1, 0.15) is 18.4 Å². The van der Waals surface area contributed by atoms with Crippen molar-refractivity contribution in [1.82, 2.24) is 0 Å². The number of nitrogens with zero attached hydrogens (tertiary/aromatic N) is 2. The molecule has 0 fully saturated rings. The lowest BCUT2D eigenvalue weighted by molar-refractivity contribution is 0.670. The van der Waals surface area contributed by atoms with E-state index in [0.29, 0.717) is 5.69 Å². The zero-order valence-corrected chi connectivity index (χ0v) is 7.94. The molecule has 3 nitrogen and oxygen atoms in total. The van der Waals surface area contributed by atoms with Crippen LogP contribution in [0.3, 0.4) is 0 Å². The van der Waals surface area contributed by atoms with Crippen LogP contribution >= 0.6 is 0 Å². The second-order valence-corrected chi connectivity index (χ2v) is 3.19. The number of anilines is 1. The van der Waals surface area contributed by atoms with Gasteiger partial charge in [-0.25, -0.2) is 0 Å². The SMILES string of the molecule is CC(c1ccc(N)cc1)C(C#N)C#N. The van der Waals surface area contributed by atoms with Gasteiger partial charge < -0.3 is 5.73 Å². The number of hydrogen-bond donors (Lipinski definition) is 1. The van der Waals surface area contributed by atoms with Gasteiger partial charge >= 0.3 is 0 Å². The van der Waals surface area contributed by atoms with Crippen LogP contribution in [0.25, 0.3) is 0 Å². The highest BCUT2D eigenvalue weighted by Gasteiger charge is 2.17. The molecule has 3 heteroatoms. The molecule has 0 saturated heterocycles. The molecule has 0 aliphatic carbocycles. The first-order valence-electron chi connectivity index (χ1n) is 4.33. The quantitative estimate of drug-likeness (QED) is 0.716. The third-order valence-electron chi connectivity index (χ3n) is 2.24. The summed E-state index contributed by atoms with van der Waals surface area (Å²) < 4.78 is 0. The predicted molar refractivity (Wildman–Crippen MR) is 54.0 cm³/mol.